The summed E-state index contributed by atoms with van der Waals surface area (Å²) in [4.78, 5) is 19.4. The summed E-state index contributed by atoms with van der Waals surface area (Å²) in [6, 6.07) is 1.30. The summed E-state index contributed by atoms with van der Waals surface area (Å²) < 4.78 is 5.30. The van der Waals surface area contributed by atoms with E-state index in [4.69, 9.17) is 9.52 Å². The summed E-state index contributed by atoms with van der Waals surface area (Å²) in [5.74, 6) is -1.04. The van der Waals surface area contributed by atoms with Gasteiger partial charge < -0.3 is 14.4 Å². The molecule has 3 rings (SSSR count). The number of hydrogen-bond acceptors (Lipinski definition) is 5. The molecule has 6 nitrogen and oxygen atoms in total. The number of fused-ring (bicyclic) bond motifs is 1. The van der Waals surface area contributed by atoms with Crippen molar-refractivity contribution in [1.29, 1.82) is 0 Å². The Morgan fingerprint density at radius 2 is 2.39 bits per heavy atom. The lowest BCUT2D eigenvalue weighted by Gasteiger charge is -2.41. The van der Waals surface area contributed by atoms with Gasteiger partial charge in [0.25, 0.3) is 6.01 Å². The molecule has 2 saturated heterocycles. The number of rotatable bonds is 2. The lowest BCUT2D eigenvalue weighted by molar-refractivity contribution is 0.0690. The molecule has 0 aromatic carbocycles. The van der Waals surface area contributed by atoms with Crippen molar-refractivity contribution in [2.45, 2.75) is 31.8 Å². The number of aromatic carboxylic acids is 1. The number of piperazine rings is 1. The molecule has 2 atom stereocenters. The predicted molar refractivity (Wildman–Crippen MR) is 64.9 cm³/mol. The van der Waals surface area contributed by atoms with Gasteiger partial charge in [-0.05, 0) is 26.3 Å². The number of carboxylic acids is 1. The SMILES string of the molecule is CC1CN2CCCC2CN1c1nc(C(=O)O)co1. The Bertz CT molecular complexity index is 459. The first-order chi connectivity index (χ1) is 8.65. The number of carbonyl (C=O) groups is 1. The summed E-state index contributed by atoms with van der Waals surface area (Å²) in [5, 5.41) is 8.86. The van der Waals surface area contributed by atoms with E-state index in [9.17, 15) is 4.79 Å². The highest BCUT2D eigenvalue weighted by Crippen LogP contribution is 2.28. The van der Waals surface area contributed by atoms with E-state index < -0.39 is 5.97 Å². The summed E-state index contributed by atoms with van der Waals surface area (Å²) in [5.41, 5.74) is -0.0222. The zero-order valence-electron chi connectivity index (χ0n) is 10.4. The number of nitrogens with zero attached hydrogens (tertiary/aromatic N) is 3. The normalized spacial score (nSPS) is 28.4. The standard InChI is InChI=1S/C12H17N3O3/c1-8-5-14-4-2-3-9(14)6-15(8)12-13-10(7-18-12)11(16)17/h7-9H,2-6H2,1H3,(H,16,17). The molecule has 6 heteroatoms. The van der Waals surface area contributed by atoms with Crippen molar-refractivity contribution in [2.75, 3.05) is 24.5 Å². The third kappa shape index (κ3) is 1.86. The fraction of sp³-hybridized carbons (Fsp3) is 0.667. The molecule has 2 unspecified atom stereocenters. The van der Waals surface area contributed by atoms with Gasteiger partial charge in [-0.15, -0.1) is 0 Å². The highest BCUT2D eigenvalue weighted by atomic mass is 16.4. The number of hydrogen-bond donors (Lipinski definition) is 1. The van der Waals surface area contributed by atoms with Gasteiger partial charge in [-0.1, -0.05) is 0 Å². The van der Waals surface area contributed by atoms with Gasteiger partial charge in [0.1, 0.15) is 6.26 Å². The maximum atomic E-state index is 10.8. The van der Waals surface area contributed by atoms with Gasteiger partial charge in [0.05, 0.1) is 0 Å². The van der Waals surface area contributed by atoms with E-state index in [1.54, 1.807) is 0 Å². The van der Waals surface area contributed by atoms with E-state index in [0.29, 0.717) is 18.1 Å². The molecule has 0 amide bonds. The first kappa shape index (κ1) is 11.5. The van der Waals surface area contributed by atoms with Crippen molar-refractivity contribution >= 4 is 12.0 Å². The van der Waals surface area contributed by atoms with Crippen molar-refractivity contribution in [1.82, 2.24) is 9.88 Å². The second kappa shape index (κ2) is 4.28. The molecule has 0 bridgehead atoms. The van der Waals surface area contributed by atoms with Crippen LogP contribution in [-0.4, -0.2) is 52.7 Å². The summed E-state index contributed by atoms with van der Waals surface area (Å²) in [7, 11) is 0. The Balaban J connectivity index is 1.80. The lowest BCUT2D eigenvalue weighted by Crippen LogP contribution is -2.55. The fourth-order valence-electron chi connectivity index (χ4n) is 2.95. The fourth-order valence-corrected chi connectivity index (χ4v) is 2.95. The first-order valence-corrected chi connectivity index (χ1v) is 6.34. The molecule has 3 heterocycles. The Morgan fingerprint density at radius 3 is 3.11 bits per heavy atom. The number of carboxylic acid groups (broad SMARTS) is 1. The van der Waals surface area contributed by atoms with Gasteiger partial charge in [0.15, 0.2) is 5.69 Å². The Kier molecular flexibility index (Phi) is 2.74. The summed E-state index contributed by atoms with van der Waals surface area (Å²) in [6.07, 6.45) is 3.66. The average Bonchev–Trinajstić information content (AvgIpc) is 2.94. The smallest absolute Gasteiger partial charge is 0.357 e. The average molecular weight is 251 g/mol. The van der Waals surface area contributed by atoms with Gasteiger partial charge in [0.2, 0.25) is 0 Å². The molecule has 18 heavy (non-hydrogen) atoms. The van der Waals surface area contributed by atoms with Crippen LogP contribution in [0, 0.1) is 0 Å². The van der Waals surface area contributed by atoms with Gasteiger partial charge in [-0.3, -0.25) is 4.90 Å². The van der Waals surface area contributed by atoms with Crippen LogP contribution in [0.25, 0.3) is 0 Å². The zero-order chi connectivity index (χ0) is 12.7. The second-order valence-corrected chi connectivity index (χ2v) is 5.11. The highest BCUT2D eigenvalue weighted by Gasteiger charge is 2.36. The number of aromatic nitrogens is 1. The quantitative estimate of drug-likeness (QED) is 0.847. The predicted octanol–water partition coefficient (Wildman–Crippen LogP) is 1.05. The maximum Gasteiger partial charge on any atom is 0.357 e. The van der Waals surface area contributed by atoms with Crippen LogP contribution < -0.4 is 4.90 Å². The Labute approximate surface area is 105 Å². The van der Waals surface area contributed by atoms with Crippen LogP contribution in [0.3, 0.4) is 0 Å². The molecule has 0 radical (unpaired) electrons. The van der Waals surface area contributed by atoms with Crippen molar-refractivity contribution in [3.8, 4) is 0 Å². The van der Waals surface area contributed by atoms with E-state index in [1.165, 1.54) is 25.6 Å². The van der Waals surface area contributed by atoms with Gasteiger partial charge in [0, 0.05) is 25.2 Å². The molecular formula is C12H17N3O3. The summed E-state index contributed by atoms with van der Waals surface area (Å²) in [6.45, 7) is 5.17. The van der Waals surface area contributed by atoms with Gasteiger partial charge >= 0.3 is 5.97 Å². The second-order valence-electron chi connectivity index (χ2n) is 5.11. The minimum absolute atomic E-state index is 0.0222. The van der Waals surface area contributed by atoms with E-state index >= 15 is 0 Å². The largest absolute Gasteiger partial charge is 0.476 e. The lowest BCUT2D eigenvalue weighted by atomic mass is 10.1. The topological polar surface area (TPSA) is 69.8 Å². The van der Waals surface area contributed by atoms with Crippen LogP contribution in [0.4, 0.5) is 6.01 Å². The molecule has 0 spiro atoms. The number of oxazole rings is 1. The van der Waals surface area contributed by atoms with Crippen LogP contribution in [-0.2, 0) is 0 Å². The molecule has 1 aromatic rings. The van der Waals surface area contributed by atoms with Crippen molar-refractivity contribution in [2.24, 2.45) is 0 Å². The van der Waals surface area contributed by atoms with Gasteiger partial charge in [-0.2, -0.15) is 4.98 Å². The molecule has 0 aliphatic carbocycles. The van der Waals surface area contributed by atoms with E-state index in [-0.39, 0.29) is 5.69 Å². The minimum Gasteiger partial charge on any atom is -0.476 e. The molecule has 1 aromatic heterocycles. The Morgan fingerprint density at radius 1 is 1.56 bits per heavy atom. The molecule has 2 aliphatic rings. The minimum atomic E-state index is -1.04. The van der Waals surface area contributed by atoms with E-state index in [0.717, 1.165) is 13.1 Å². The van der Waals surface area contributed by atoms with Gasteiger partial charge in [-0.25, -0.2) is 4.79 Å². The molecule has 2 aliphatic heterocycles. The van der Waals surface area contributed by atoms with Crippen LogP contribution >= 0.6 is 0 Å². The van der Waals surface area contributed by atoms with Crippen molar-refractivity contribution in [3.05, 3.63) is 12.0 Å². The van der Waals surface area contributed by atoms with Crippen LogP contribution in [0.1, 0.15) is 30.3 Å². The summed E-state index contributed by atoms with van der Waals surface area (Å²) >= 11 is 0. The maximum absolute atomic E-state index is 10.8. The molecular weight excluding hydrogens is 234 g/mol. The highest BCUT2D eigenvalue weighted by molar-refractivity contribution is 5.85. The molecule has 1 N–H and O–H groups in total. The molecule has 0 saturated carbocycles. The number of anilines is 1. The van der Waals surface area contributed by atoms with Crippen LogP contribution in [0.15, 0.2) is 10.7 Å². The first-order valence-electron chi connectivity index (χ1n) is 6.34. The van der Waals surface area contributed by atoms with Crippen molar-refractivity contribution < 1.29 is 14.3 Å². The Hall–Kier alpha value is -1.56. The molecule has 98 valence electrons. The van der Waals surface area contributed by atoms with Crippen LogP contribution in [0.2, 0.25) is 0 Å². The van der Waals surface area contributed by atoms with E-state index in [1.807, 2.05) is 0 Å². The third-order valence-electron chi connectivity index (χ3n) is 3.89. The molecule has 2 fully saturated rings. The third-order valence-corrected chi connectivity index (χ3v) is 3.89. The van der Waals surface area contributed by atoms with Crippen molar-refractivity contribution in [3.63, 3.8) is 0 Å². The van der Waals surface area contributed by atoms with Crippen LogP contribution in [0.5, 0.6) is 0 Å². The van der Waals surface area contributed by atoms with E-state index in [2.05, 4.69) is 21.7 Å². The monoisotopic (exact) mass is 251 g/mol. The zero-order valence-corrected chi connectivity index (χ0v) is 10.4.